The molecule has 24 heavy (non-hydrogen) atoms. The number of anilines is 1. The van der Waals surface area contributed by atoms with Gasteiger partial charge in [0.05, 0.1) is 17.2 Å². The van der Waals surface area contributed by atoms with Crippen molar-refractivity contribution in [2.24, 2.45) is 0 Å². The number of aromatic hydroxyl groups is 1. The Balaban J connectivity index is 0.000000471. The van der Waals surface area contributed by atoms with Crippen molar-refractivity contribution < 1.29 is 42.0 Å². The molecule has 10 heteroatoms. The molecule has 1 N–H and O–H groups in total. The molecule has 1 aromatic heterocycles. The lowest BCUT2D eigenvalue weighted by Crippen LogP contribution is -2.42. The second kappa shape index (κ2) is 8.40. The van der Waals surface area contributed by atoms with Crippen LogP contribution < -0.4 is 22.2 Å². The van der Waals surface area contributed by atoms with E-state index in [1.165, 1.54) is 6.07 Å². The maximum Gasteiger partial charge on any atom is 0.258 e. The molecular formula is C14H11Br2N2O6-. The summed E-state index contributed by atoms with van der Waals surface area (Å²) in [6.45, 7) is 0.915. The molecule has 0 aliphatic carbocycles. The zero-order chi connectivity index (χ0) is 17.7. The van der Waals surface area contributed by atoms with Gasteiger partial charge in [0.25, 0.3) is 5.91 Å². The summed E-state index contributed by atoms with van der Waals surface area (Å²) in [6, 6.07) is 6.42. The van der Waals surface area contributed by atoms with Gasteiger partial charge in [0.1, 0.15) is 23.8 Å². The molecule has 1 aliphatic heterocycles. The van der Waals surface area contributed by atoms with E-state index in [1.54, 1.807) is 35.5 Å². The van der Waals surface area contributed by atoms with Crippen LogP contribution in [0.25, 0.3) is 0 Å². The molecule has 0 saturated heterocycles. The molecule has 0 radical (unpaired) electrons. The number of hydrogen-bond acceptors (Lipinski definition) is 7. The molecule has 0 unspecified atom stereocenters. The van der Waals surface area contributed by atoms with E-state index in [4.69, 9.17) is 17.3 Å². The number of benzene rings is 1. The van der Waals surface area contributed by atoms with Gasteiger partial charge >= 0.3 is 0 Å². The number of aromatic nitrogens is 1. The number of halogens is 2. The Morgan fingerprint density at radius 2 is 2.04 bits per heavy atom. The van der Waals surface area contributed by atoms with Gasteiger partial charge in [0.2, 0.25) is 14.8 Å². The standard InChI is InChI=1S/C14H11BrN2O3.BrO3/c15-10-7-9(1-2-12(10)18)14(19)17-5-6-20-13-3-4-16-8-11(13)17;2-1(3)4/h1-4,7-8,18H,5-6H2;/q;-1. The number of carbonyl (C=O) groups excluding carboxylic acids is 1. The highest BCUT2D eigenvalue weighted by Crippen LogP contribution is 2.32. The van der Waals surface area contributed by atoms with Crippen LogP contribution in [0.2, 0.25) is 0 Å². The van der Waals surface area contributed by atoms with Crippen molar-refractivity contribution >= 4 is 27.5 Å². The summed E-state index contributed by atoms with van der Waals surface area (Å²) in [7, 11) is 0. The fourth-order valence-electron chi connectivity index (χ4n) is 2.07. The second-order valence-electron chi connectivity index (χ2n) is 4.50. The van der Waals surface area contributed by atoms with Crippen LogP contribution in [0, 0.1) is 14.8 Å². The summed E-state index contributed by atoms with van der Waals surface area (Å²) >= 11 is -0.434. The minimum atomic E-state index is -3.65. The number of pyridine rings is 1. The normalized spacial score (nSPS) is 12.8. The topological polar surface area (TPSA) is 132 Å². The van der Waals surface area contributed by atoms with Gasteiger partial charge in [-0.3, -0.25) is 9.78 Å². The number of rotatable bonds is 1. The van der Waals surface area contributed by atoms with Gasteiger partial charge in [0.15, 0.2) is 0 Å². The molecule has 1 amide bonds. The molecule has 3 rings (SSSR count). The lowest BCUT2D eigenvalue weighted by molar-refractivity contribution is -1.73. The van der Waals surface area contributed by atoms with Crippen molar-refractivity contribution in [3.63, 3.8) is 0 Å². The zero-order valence-corrected chi connectivity index (χ0v) is 15.2. The molecule has 0 saturated carbocycles. The van der Waals surface area contributed by atoms with E-state index in [1.807, 2.05) is 0 Å². The van der Waals surface area contributed by atoms with Gasteiger partial charge in [-0.25, -0.2) is 0 Å². The van der Waals surface area contributed by atoms with Crippen LogP contribution in [0.5, 0.6) is 11.5 Å². The SMILES string of the molecule is O=C(c1ccc(O)c(Br)c1)N1CCOc2ccncc21.[O-][Br+2]([O-])[O-]. The highest BCUT2D eigenvalue weighted by atomic mass is 80.0. The van der Waals surface area contributed by atoms with E-state index in [0.29, 0.717) is 34.6 Å². The van der Waals surface area contributed by atoms with E-state index in [0.717, 1.165) is 0 Å². The largest absolute Gasteiger partial charge is 0.507 e. The molecule has 2 heterocycles. The van der Waals surface area contributed by atoms with Crippen LogP contribution >= 0.6 is 15.9 Å². The third kappa shape index (κ3) is 4.65. The monoisotopic (exact) mass is 461 g/mol. The highest BCUT2D eigenvalue weighted by molar-refractivity contribution is 9.10. The Labute approximate surface area is 150 Å². The Morgan fingerprint density at radius 3 is 2.71 bits per heavy atom. The average Bonchev–Trinajstić information content (AvgIpc) is 2.56. The minimum absolute atomic E-state index is 0.102. The van der Waals surface area contributed by atoms with Gasteiger partial charge in [-0.2, -0.15) is 0 Å². The first-order valence-electron chi connectivity index (χ1n) is 6.50. The number of carbonyl (C=O) groups is 1. The summed E-state index contributed by atoms with van der Waals surface area (Å²) in [6.07, 6.45) is 3.24. The Bertz CT molecular complexity index is 725. The number of fused-ring (bicyclic) bond motifs is 1. The molecular weight excluding hydrogens is 452 g/mol. The van der Waals surface area contributed by atoms with Gasteiger partial charge in [-0.15, -0.1) is 0 Å². The summed E-state index contributed by atoms with van der Waals surface area (Å²) in [5, 5.41) is 9.49. The van der Waals surface area contributed by atoms with Crippen molar-refractivity contribution in [2.45, 2.75) is 0 Å². The Morgan fingerprint density at radius 1 is 1.33 bits per heavy atom. The van der Waals surface area contributed by atoms with Crippen LogP contribution in [0.4, 0.5) is 5.69 Å². The fraction of sp³-hybridized carbons (Fsp3) is 0.143. The summed E-state index contributed by atoms with van der Waals surface area (Å²) in [4.78, 5) is 18.2. The molecule has 2 aromatic rings. The zero-order valence-electron chi connectivity index (χ0n) is 12.0. The average molecular weight is 463 g/mol. The molecule has 1 aromatic carbocycles. The lowest BCUT2D eigenvalue weighted by atomic mass is 10.1. The van der Waals surface area contributed by atoms with E-state index >= 15 is 0 Å². The molecule has 0 atom stereocenters. The van der Waals surface area contributed by atoms with Crippen LogP contribution in [-0.2, 0) is 0 Å². The number of phenols is 1. The van der Waals surface area contributed by atoms with Crippen LogP contribution in [0.1, 0.15) is 10.4 Å². The number of phenolic OH excluding ortho intramolecular Hbond substituents is 1. The van der Waals surface area contributed by atoms with Gasteiger partial charge in [-0.05, 0) is 34.1 Å². The van der Waals surface area contributed by atoms with E-state index in [9.17, 15) is 9.90 Å². The van der Waals surface area contributed by atoms with Gasteiger partial charge in [0, 0.05) is 17.8 Å². The number of ether oxygens (including phenoxy) is 1. The first kappa shape index (κ1) is 18.6. The van der Waals surface area contributed by atoms with Crippen LogP contribution in [-0.4, -0.2) is 29.1 Å². The Kier molecular flexibility index (Phi) is 6.52. The molecule has 1 aliphatic rings. The number of hydrogen-bond donors (Lipinski definition) is 1. The number of amides is 1. The van der Waals surface area contributed by atoms with E-state index in [2.05, 4.69) is 20.9 Å². The molecule has 0 spiro atoms. The van der Waals surface area contributed by atoms with Crippen molar-refractivity contribution in [1.82, 2.24) is 4.98 Å². The van der Waals surface area contributed by atoms with Crippen LogP contribution in [0.15, 0.2) is 41.1 Å². The number of nitrogens with zero attached hydrogens (tertiary/aromatic N) is 2. The highest BCUT2D eigenvalue weighted by Gasteiger charge is 2.25. The van der Waals surface area contributed by atoms with Crippen molar-refractivity contribution in [2.75, 3.05) is 18.1 Å². The van der Waals surface area contributed by atoms with Crippen LogP contribution in [0.3, 0.4) is 0 Å². The smallest absolute Gasteiger partial charge is 0.258 e. The third-order valence-corrected chi connectivity index (χ3v) is 3.70. The maximum absolute atomic E-state index is 12.6. The van der Waals surface area contributed by atoms with Crippen molar-refractivity contribution in [3.8, 4) is 11.5 Å². The maximum atomic E-state index is 12.6. The van der Waals surface area contributed by atoms with E-state index < -0.39 is 14.8 Å². The summed E-state index contributed by atoms with van der Waals surface area (Å²) in [5.41, 5.74) is 1.15. The lowest BCUT2D eigenvalue weighted by Gasteiger charge is -2.29. The predicted octanol–water partition coefficient (Wildman–Crippen LogP) is -0.978. The van der Waals surface area contributed by atoms with Crippen molar-refractivity contribution in [1.29, 1.82) is 0 Å². The molecule has 0 fully saturated rings. The van der Waals surface area contributed by atoms with Crippen molar-refractivity contribution in [3.05, 3.63) is 46.7 Å². The quantitative estimate of drug-likeness (QED) is 0.576. The summed E-state index contributed by atoms with van der Waals surface area (Å²) < 4.78 is 31.6. The predicted molar refractivity (Wildman–Crippen MR) is 77.2 cm³/mol. The summed E-state index contributed by atoms with van der Waals surface area (Å²) in [5.74, 6) is 0.603. The van der Waals surface area contributed by atoms with E-state index in [-0.39, 0.29) is 11.7 Å². The Hall–Kier alpha value is -1.72. The van der Waals surface area contributed by atoms with Gasteiger partial charge < -0.3 is 27.3 Å². The van der Waals surface area contributed by atoms with Gasteiger partial charge in [-0.1, -0.05) is 0 Å². The second-order valence-corrected chi connectivity index (χ2v) is 6.15. The third-order valence-electron chi connectivity index (χ3n) is 3.06. The molecule has 0 bridgehead atoms. The molecule has 128 valence electrons. The first-order valence-corrected chi connectivity index (χ1v) is 9.24. The minimum Gasteiger partial charge on any atom is -0.507 e. The fourth-order valence-corrected chi connectivity index (χ4v) is 2.45. The first-order chi connectivity index (χ1) is 11.4. The molecule has 8 nitrogen and oxygen atoms in total.